The number of β-amino-alcohol motifs (C(OH)–C–C–N with tert-alkyl or cyclic N) is 1. The molecule has 7 heteroatoms. The first-order chi connectivity index (χ1) is 9.87. The fourth-order valence-electron chi connectivity index (χ4n) is 2.42. The van der Waals surface area contributed by atoms with Crippen molar-refractivity contribution < 1.29 is 19.4 Å². The zero-order valence-electron chi connectivity index (χ0n) is 11.6. The number of carbonyl (C=O) groups excluding carboxylic acids is 2. The lowest BCUT2D eigenvalue weighted by atomic mass is 9.91. The Hall–Kier alpha value is -1.79. The third kappa shape index (κ3) is 3.11. The summed E-state index contributed by atoms with van der Waals surface area (Å²) in [6.07, 6.45) is 0.755. The smallest absolute Gasteiger partial charge is 0.257 e. The van der Waals surface area contributed by atoms with Gasteiger partial charge in [0.15, 0.2) is 5.60 Å². The maximum absolute atomic E-state index is 12.5. The van der Waals surface area contributed by atoms with Crippen LogP contribution in [0.2, 0.25) is 5.02 Å². The van der Waals surface area contributed by atoms with Gasteiger partial charge in [0.2, 0.25) is 0 Å². The van der Waals surface area contributed by atoms with Crippen molar-refractivity contribution >= 4 is 23.4 Å². The molecule has 2 rings (SSSR count). The van der Waals surface area contributed by atoms with E-state index < -0.39 is 11.5 Å². The van der Waals surface area contributed by atoms with Gasteiger partial charge in [-0.2, -0.15) is 0 Å². The monoisotopic (exact) mass is 312 g/mol. The van der Waals surface area contributed by atoms with Crippen molar-refractivity contribution in [2.45, 2.75) is 18.4 Å². The number of aliphatic hydroxyl groups is 1. The number of primary amides is 1. The average Bonchev–Trinajstić information content (AvgIpc) is 2.46. The summed E-state index contributed by atoms with van der Waals surface area (Å²) in [6.45, 7) is 0.327. The molecule has 1 aliphatic rings. The SMILES string of the molecule is COc1cc(Cl)ccc1C(=O)N1CCC[C@](O)(C(N)=O)C1. The number of piperidine rings is 1. The van der Waals surface area contributed by atoms with Gasteiger partial charge in [0.25, 0.3) is 11.8 Å². The number of nitrogens with two attached hydrogens (primary N) is 1. The Morgan fingerprint density at radius 2 is 2.19 bits per heavy atom. The van der Waals surface area contributed by atoms with Crippen LogP contribution in [0.15, 0.2) is 18.2 Å². The second-order valence-corrected chi connectivity index (χ2v) is 5.51. The van der Waals surface area contributed by atoms with E-state index in [1.165, 1.54) is 12.0 Å². The highest BCUT2D eigenvalue weighted by Gasteiger charge is 2.40. The minimum absolute atomic E-state index is 0.118. The lowest BCUT2D eigenvalue weighted by molar-refractivity contribution is -0.140. The zero-order valence-corrected chi connectivity index (χ0v) is 12.4. The molecule has 1 aromatic carbocycles. The molecule has 1 aromatic rings. The third-order valence-electron chi connectivity index (χ3n) is 3.61. The lowest BCUT2D eigenvalue weighted by Gasteiger charge is -2.37. The molecule has 3 N–H and O–H groups in total. The molecule has 0 bridgehead atoms. The summed E-state index contributed by atoms with van der Waals surface area (Å²) in [5.41, 5.74) is 3.87. The van der Waals surface area contributed by atoms with Crippen LogP contribution in [0.25, 0.3) is 0 Å². The van der Waals surface area contributed by atoms with Gasteiger partial charge in [0, 0.05) is 11.6 Å². The van der Waals surface area contributed by atoms with E-state index >= 15 is 0 Å². The summed E-state index contributed by atoms with van der Waals surface area (Å²) in [5.74, 6) is -0.799. The van der Waals surface area contributed by atoms with Crippen LogP contribution in [-0.2, 0) is 4.79 Å². The molecule has 0 spiro atoms. The van der Waals surface area contributed by atoms with Crippen molar-refractivity contribution in [2.75, 3.05) is 20.2 Å². The van der Waals surface area contributed by atoms with Gasteiger partial charge in [-0.15, -0.1) is 0 Å². The molecule has 21 heavy (non-hydrogen) atoms. The molecule has 0 saturated carbocycles. The molecule has 2 amide bonds. The van der Waals surface area contributed by atoms with Crippen LogP contribution in [0, 0.1) is 0 Å². The number of amides is 2. The van der Waals surface area contributed by atoms with Crippen LogP contribution in [0.3, 0.4) is 0 Å². The van der Waals surface area contributed by atoms with Crippen LogP contribution in [0.5, 0.6) is 5.75 Å². The largest absolute Gasteiger partial charge is 0.496 e. The predicted molar refractivity (Wildman–Crippen MR) is 77.3 cm³/mol. The van der Waals surface area contributed by atoms with Crippen molar-refractivity contribution in [3.05, 3.63) is 28.8 Å². The van der Waals surface area contributed by atoms with Gasteiger partial charge in [0.05, 0.1) is 19.2 Å². The molecule has 0 aliphatic carbocycles. The van der Waals surface area contributed by atoms with E-state index in [1.807, 2.05) is 0 Å². The third-order valence-corrected chi connectivity index (χ3v) is 3.85. The Morgan fingerprint density at radius 1 is 1.48 bits per heavy atom. The van der Waals surface area contributed by atoms with Gasteiger partial charge < -0.3 is 20.5 Å². The first kappa shape index (κ1) is 15.6. The minimum Gasteiger partial charge on any atom is -0.496 e. The molecule has 1 saturated heterocycles. The lowest BCUT2D eigenvalue weighted by Crippen LogP contribution is -2.57. The van der Waals surface area contributed by atoms with E-state index in [4.69, 9.17) is 22.1 Å². The number of halogens is 1. The first-order valence-corrected chi connectivity index (χ1v) is 6.90. The van der Waals surface area contributed by atoms with Gasteiger partial charge in [-0.3, -0.25) is 9.59 Å². The van der Waals surface area contributed by atoms with Crippen molar-refractivity contribution in [1.29, 1.82) is 0 Å². The van der Waals surface area contributed by atoms with Gasteiger partial charge in [-0.25, -0.2) is 0 Å². The maximum Gasteiger partial charge on any atom is 0.257 e. The van der Waals surface area contributed by atoms with Gasteiger partial charge >= 0.3 is 0 Å². The highest BCUT2D eigenvalue weighted by molar-refractivity contribution is 6.30. The summed E-state index contributed by atoms with van der Waals surface area (Å²) in [5, 5.41) is 10.6. The van der Waals surface area contributed by atoms with E-state index in [0.29, 0.717) is 29.3 Å². The van der Waals surface area contributed by atoms with Crippen LogP contribution in [-0.4, -0.2) is 47.6 Å². The van der Waals surface area contributed by atoms with Gasteiger partial charge in [-0.1, -0.05) is 11.6 Å². The van der Waals surface area contributed by atoms with E-state index in [1.54, 1.807) is 18.2 Å². The number of likely N-dealkylation sites (tertiary alicyclic amines) is 1. The molecule has 1 atom stereocenters. The molecule has 0 aromatic heterocycles. The van der Waals surface area contributed by atoms with E-state index in [2.05, 4.69) is 0 Å². The number of nitrogens with zero attached hydrogens (tertiary/aromatic N) is 1. The standard InChI is InChI=1S/C14H17ClN2O4/c1-21-11-7-9(15)3-4-10(11)12(18)17-6-2-5-14(20,8-17)13(16)19/h3-4,7,20H,2,5-6,8H2,1H3,(H2,16,19)/t14-/m1/s1. The highest BCUT2D eigenvalue weighted by Crippen LogP contribution is 2.27. The number of carbonyl (C=O) groups is 2. The molecule has 6 nitrogen and oxygen atoms in total. The summed E-state index contributed by atoms with van der Waals surface area (Å²) in [4.78, 5) is 25.3. The molecule has 1 aliphatic heterocycles. The summed E-state index contributed by atoms with van der Waals surface area (Å²) in [7, 11) is 1.44. The molecular formula is C14H17ClN2O4. The predicted octanol–water partition coefficient (Wildman–Crippen LogP) is 0.801. The normalized spacial score (nSPS) is 22.0. The summed E-state index contributed by atoms with van der Waals surface area (Å²) in [6, 6.07) is 4.68. The number of hydrogen-bond acceptors (Lipinski definition) is 4. The van der Waals surface area contributed by atoms with E-state index in [0.717, 1.165) is 0 Å². The van der Waals surface area contributed by atoms with Crippen LogP contribution in [0.4, 0.5) is 0 Å². The molecular weight excluding hydrogens is 296 g/mol. The average molecular weight is 313 g/mol. The van der Waals surface area contributed by atoms with Crippen molar-refractivity contribution in [2.24, 2.45) is 5.73 Å². The van der Waals surface area contributed by atoms with Gasteiger partial charge in [-0.05, 0) is 31.0 Å². The van der Waals surface area contributed by atoms with Crippen molar-refractivity contribution in [3.8, 4) is 5.75 Å². The number of ether oxygens (including phenoxy) is 1. The Balaban J connectivity index is 2.26. The second-order valence-electron chi connectivity index (χ2n) is 5.07. The fourth-order valence-corrected chi connectivity index (χ4v) is 2.58. The Kier molecular flexibility index (Phi) is 4.39. The molecule has 1 heterocycles. The quantitative estimate of drug-likeness (QED) is 0.863. The topological polar surface area (TPSA) is 92.9 Å². The van der Waals surface area contributed by atoms with Crippen LogP contribution < -0.4 is 10.5 Å². The Bertz CT molecular complexity index is 578. The van der Waals surface area contributed by atoms with Gasteiger partial charge in [0.1, 0.15) is 5.75 Å². The van der Waals surface area contributed by atoms with E-state index in [-0.39, 0.29) is 18.9 Å². The molecule has 0 unspecified atom stereocenters. The Morgan fingerprint density at radius 3 is 2.81 bits per heavy atom. The summed E-state index contributed by atoms with van der Waals surface area (Å²) >= 11 is 5.87. The fraction of sp³-hybridized carbons (Fsp3) is 0.429. The number of benzene rings is 1. The number of rotatable bonds is 3. The first-order valence-electron chi connectivity index (χ1n) is 6.52. The summed E-state index contributed by atoms with van der Waals surface area (Å²) < 4.78 is 5.15. The molecule has 0 radical (unpaired) electrons. The highest BCUT2D eigenvalue weighted by atomic mass is 35.5. The minimum atomic E-state index is -1.67. The van der Waals surface area contributed by atoms with Crippen LogP contribution >= 0.6 is 11.6 Å². The maximum atomic E-state index is 12.5. The van der Waals surface area contributed by atoms with Crippen molar-refractivity contribution in [1.82, 2.24) is 4.90 Å². The molecule has 114 valence electrons. The zero-order chi connectivity index (χ0) is 15.6. The van der Waals surface area contributed by atoms with Crippen molar-refractivity contribution in [3.63, 3.8) is 0 Å². The number of methoxy groups -OCH3 is 1. The number of hydrogen-bond donors (Lipinski definition) is 2. The van der Waals surface area contributed by atoms with Crippen LogP contribution in [0.1, 0.15) is 23.2 Å². The Labute approximate surface area is 127 Å². The second kappa shape index (κ2) is 5.91. The molecule has 1 fully saturated rings. The van der Waals surface area contributed by atoms with E-state index in [9.17, 15) is 14.7 Å².